The highest BCUT2D eigenvalue weighted by Gasteiger charge is 2.10. The van der Waals surface area contributed by atoms with Crippen molar-refractivity contribution in [3.05, 3.63) is 23.8 Å². The molecule has 0 aliphatic carbocycles. The zero-order valence-corrected chi connectivity index (χ0v) is 13.9. The zero-order chi connectivity index (χ0) is 15.8. The van der Waals surface area contributed by atoms with Gasteiger partial charge in [0.05, 0.1) is 0 Å². The second-order valence-corrected chi connectivity index (χ2v) is 5.29. The molecule has 1 rings (SSSR count). The third-order valence-corrected chi connectivity index (χ3v) is 3.96. The normalized spacial score (nSPS) is 10.9. The van der Waals surface area contributed by atoms with Gasteiger partial charge in [-0.3, -0.25) is 4.79 Å². The van der Waals surface area contributed by atoms with Crippen LogP contribution in [0.1, 0.15) is 44.5 Å². The molecule has 21 heavy (non-hydrogen) atoms. The molecule has 0 radical (unpaired) electrons. The second-order valence-electron chi connectivity index (χ2n) is 5.29. The smallest absolute Gasteiger partial charge is 0.161 e. The number of hydrogen-bond acceptors (Lipinski definition) is 4. The lowest BCUT2D eigenvalue weighted by Gasteiger charge is -2.26. The summed E-state index contributed by atoms with van der Waals surface area (Å²) in [5, 5.41) is 0. The lowest BCUT2D eigenvalue weighted by molar-refractivity contribution is 0.101. The van der Waals surface area contributed by atoms with E-state index in [2.05, 4.69) is 30.6 Å². The van der Waals surface area contributed by atoms with Gasteiger partial charge in [0.15, 0.2) is 5.78 Å². The number of nitrogens with two attached hydrogens (primary N) is 1. The third-order valence-electron chi connectivity index (χ3n) is 3.96. The topological polar surface area (TPSA) is 49.6 Å². The molecule has 0 heterocycles. The van der Waals surface area contributed by atoms with E-state index in [0.717, 1.165) is 44.8 Å². The van der Waals surface area contributed by atoms with Crippen LogP contribution in [0, 0.1) is 0 Å². The molecule has 0 bridgehead atoms. The van der Waals surface area contributed by atoms with Gasteiger partial charge >= 0.3 is 0 Å². The van der Waals surface area contributed by atoms with Gasteiger partial charge < -0.3 is 15.5 Å². The van der Waals surface area contributed by atoms with E-state index in [4.69, 9.17) is 5.73 Å². The number of hydrogen-bond donors (Lipinski definition) is 1. The van der Waals surface area contributed by atoms with Crippen LogP contribution in [0.5, 0.6) is 0 Å². The molecule has 1 aromatic rings. The first-order valence-electron chi connectivity index (χ1n) is 7.91. The Morgan fingerprint density at radius 2 is 1.76 bits per heavy atom. The van der Waals surface area contributed by atoms with Gasteiger partial charge in [0.2, 0.25) is 0 Å². The van der Waals surface area contributed by atoms with E-state index in [9.17, 15) is 4.79 Å². The number of rotatable bonds is 9. The fourth-order valence-electron chi connectivity index (χ4n) is 2.56. The molecule has 0 saturated carbocycles. The van der Waals surface area contributed by atoms with Crippen molar-refractivity contribution < 1.29 is 4.79 Å². The van der Waals surface area contributed by atoms with E-state index in [1.54, 1.807) is 6.92 Å². The van der Waals surface area contributed by atoms with E-state index in [-0.39, 0.29) is 5.78 Å². The van der Waals surface area contributed by atoms with Crippen LogP contribution < -0.4 is 10.6 Å². The van der Waals surface area contributed by atoms with E-state index < -0.39 is 0 Å². The lowest BCUT2D eigenvalue weighted by atomic mass is 10.1. The van der Waals surface area contributed by atoms with Crippen molar-refractivity contribution in [3.63, 3.8) is 0 Å². The van der Waals surface area contributed by atoms with E-state index in [1.165, 1.54) is 0 Å². The summed E-state index contributed by atoms with van der Waals surface area (Å²) >= 11 is 0. The molecule has 0 aliphatic rings. The molecule has 0 spiro atoms. The predicted octanol–water partition coefficient (Wildman–Crippen LogP) is 3.03. The maximum absolute atomic E-state index is 11.4. The number of benzene rings is 1. The van der Waals surface area contributed by atoms with Crippen LogP contribution in [0.3, 0.4) is 0 Å². The molecule has 0 atom stereocenters. The minimum atomic E-state index is 0.0173. The fraction of sp³-hybridized carbons (Fsp3) is 0.588. The monoisotopic (exact) mass is 291 g/mol. The van der Waals surface area contributed by atoms with Gasteiger partial charge in [-0.1, -0.05) is 13.8 Å². The molecule has 4 heteroatoms. The minimum Gasteiger partial charge on any atom is -0.398 e. The summed E-state index contributed by atoms with van der Waals surface area (Å²) in [6.45, 7) is 13.4. The largest absolute Gasteiger partial charge is 0.398 e. The molecule has 118 valence electrons. The number of ketones is 1. The molecular formula is C17H29N3O. The Morgan fingerprint density at radius 1 is 1.10 bits per heavy atom. The van der Waals surface area contributed by atoms with Crippen LogP contribution in [0.2, 0.25) is 0 Å². The molecule has 1 aromatic carbocycles. The molecule has 0 aliphatic heterocycles. The highest BCUT2D eigenvalue weighted by atomic mass is 16.1. The Hall–Kier alpha value is -1.55. The highest BCUT2D eigenvalue weighted by molar-refractivity contribution is 5.99. The minimum absolute atomic E-state index is 0.0173. The van der Waals surface area contributed by atoms with Crippen molar-refractivity contribution in [1.29, 1.82) is 0 Å². The van der Waals surface area contributed by atoms with Crippen LogP contribution in [-0.4, -0.2) is 43.4 Å². The summed E-state index contributed by atoms with van der Waals surface area (Å²) in [5.74, 6) is 0.0173. The Balaban J connectivity index is 2.68. The van der Waals surface area contributed by atoms with E-state index >= 15 is 0 Å². The van der Waals surface area contributed by atoms with Crippen molar-refractivity contribution in [1.82, 2.24) is 4.90 Å². The molecule has 4 nitrogen and oxygen atoms in total. The quantitative estimate of drug-likeness (QED) is 0.561. The summed E-state index contributed by atoms with van der Waals surface area (Å²) < 4.78 is 0. The molecule has 0 fully saturated rings. The molecule has 0 aromatic heterocycles. The Bertz CT molecular complexity index is 455. The van der Waals surface area contributed by atoms with Crippen molar-refractivity contribution in [3.8, 4) is 0 Å². The first-order chi connectivity index (χ1) is 10.0. The van der Waals surface area contributed by atoms with Crippen LogP contribution in [0.4, 0.5) is 11.4 Å². The summed E-state index contributed by atoms with van der Waals surface area (Å²) in [7, 11) is 0. The maximum atomic E-state index is 11.4. The number of Topliss-reactive ketones (excluding diaryl/α,β-unsaturated/α-hetero) is 1. The number of carbonyl (C=O) groups excluding carboxylic acids is 1. The van der Waals surface area contributed by atoms with Gasteiger partial charge in [0.25, 0.3) is 0 Å². The summed E-state index contributed by atoms with van der Waals surface area (Å²) in [6, 6.07) is 5.74. The maximum Gasteiger partial charge on any atom is 0.161 e. The molecule has 0 saturated heterocycles. The summed E-state index contributed by atoms with van der Waals surface area (Å²) in [4.78, 5) is 16.2. The van der Waals surface area contributed by atoms with Gasteiger partial charge in [-0.05, 0) is 58.1 Å². The summed E-state index contributed by atoms with van der Waals surface area (Å²) in [5.41, 5.74) is 8.26. The van der Waals surface area contributed by atoms with Crippen molar-refractivity contribution >= 4 is 17.2 Å². The predicted molar refractivity (Wildman–Crippen MR) is 91.2 cm³/mol. The number of nitrogen functional groups attached to an aromatic ring is 1. The van der Waals surface area contributed by atoms with Crippen molar-refractivity contribution in [2.45, 2.75) is 34.1 Å². The standard InChI is InChI=1S/C17H29N3O/c1-5-19(6-2)11-8-12-20(7-3)15-9-10-16(14(4)21)17(18)13-15/h9-10,13H,5-8,11-12,18H2,1-4H3. The van der Waals surface area contributed by atoms with Gasteiger partial charge in [0, 0.05) is 30.0 Å². The lowest BCUT2D eigenvalue weighted by Crippen LogP contribution is -2.30. The first kappa shape index (κ1) is 17.5. The van der Waals surface area contributed by atoms with Crippen molar-refractivity contribution in [2.24, 2.45) is 0 Å². The highest BCUT2D eigenvalue weighted by Crippen LogP contribution is 2.22. The third kappa shape index (κ3) is 5.05. The van der Waals surface area contributed by atoms with Gasteiger partial charge in [-0.25, -0.2) is 0 Å². The first-order valence-corrected chi connectivity index (χ1v) is 7.91. The van der Waals surface area contributed by atoms with Crippen LogP contribution in [0.15, 0.2) is 18.2 Å². The number of nitrogens with zero attached hydrogens (tertiary/aromatic N) is 2. The molecular weight excluding hydrogens is 262 g/mol. The van der Waals surface area contributed by atoms with E-state index in [1.807, 2.05) is 18.2 Å². The summed E-state index contributed by atoms with van der Waals surface area (Å²) in [6.07, 6.45) is 1.13. The Morgan fingerprint density at radius 3 is 2.24 bits per heavy atom. The molecule has 0 unspecified atom stereocenters. The van der Waals surface area contributed by atoms with Crippen LogP contribution in [0.25, 0.3) is 0 Å². The van der Waals surface area contributed by atoms with Crippen molar-refractivity contribution in [2.75, 3.05) is 43.4 Å². The second kappa shape index (κ2) is 8.67. The fourth-order valence-corrected chi connectivity index (χ4v) is 2.56. The van der Waals surface area contributed by atoms with Gasteiger partial charge in [-0.15, -0.1) is 0 Å². The van der Waals surface area contributed by atoms with Gasteiger partial charge in [0.1, 0.15) is 0 Å². The molecule has 2 N–H and O–H groups in total. The average Bonchev–Trinajstić information content (AvgIpc) is 2.47. The van der Waals surface area contributed by atoms with Crippen LogP contribution >= 0.6 is 0 Å². The number of anilines is 2. The van der Waals surface area contributed by atoms with E-state index in [0.29, 0.717) is 11.3 Å². The van der Waals surface area contributed by atoms with Gasteiger partial charge in [-0.2, -0.15) is 0 Å². The average molecular weight is 291 g/mol. The number of carbonyl (C=O) groups is 1. The molecule has 0 amide bonds. The Labute approximate surface area is 128 Å². The Kier molecular flexibility index (Phi) is 7.23. The van der Waals surface area contributed by atoms with Crippen LogP contribution in [-0.2, 0) is 0 Å². The zero-order valence-electron chi connectivity index (χ0n) is 13.9. The SMILES string of the molecule is CCN(CC)CCCN(CC)c1ccc(C(C)=O)c(N)c1.